The zero-order valence-electron chi connectivity index (χ0n) is 22.2. The summed E-state index contributed by atoms with van der Waals surface area (Å²) in [6, 6.07) is 7.07. The number of hydrogen-bond donors (Lipinski definition) is 0. The maximum Gasteiger partial charge on any atom is -0.147 e. The van der Waals surface area contributed by atoms with Crippen LogP contribution in [-0.4, -0.2) is 11.9 Å². The Hall–Kier alpha value is -0.119. The molecule has 1 aromatic rings. The van der Waals surface area contributed by atoms with Crippen molar-refractivity contribution >= 4 is 41.9 Å². The fourth-order valence-corrected chi connectivity index (χ4v) is 10.2. The second kappa shape index (κ2) is 12.0. The Balaban J connectivity index is 0.00000480. The molecule has 2 rings (SSSR count). The van der Waals surface area contributed by atoms with E-state index in [0.29, 0.717) is 5.04 Å². The first-order valence-corrected chi connectivity index (χ1v) is 16.8. The van der Waals surface area contributed by atoms with E-state index in [9.17, 15) is 0 Å². The van der Waals surface area contributed by atoms with Crippen molar-refractivity contribution in [1.29, 1.82) is 0 Å². The van der Waals surface area contributed by atoms with Crippen molar-refractivity contribution < 1.29 is 21.1 Å². The van der Waals surface area contributed by atoms with Gasteiger partial charge in [-0.05, 0) is 0 Å². The maximum atomic E-state index is 7.05. The summed E-state index contributed by atoms with van der Waals surface area (Å²) in [6.07, 6.45) is 8.06. The average molecular weight is 534 g/mol. The van der Waals surface area contributed by atoms with Crippen molar-refractivity contribution in [2.45, 2.75) is 99.7 Å². The van der Waals surface area contributed by atoms with Gasteiger partial charge in [0.15, 0.2) is 0 Å². The first kappa shape index (κ1) is 31.9. The van der Waals surface area contributed by atoms with E-state index in [0.717, 1.165) is 25.0 Å². The second-order valence-electron chi connectivity index (χ2n) is 11.4. The smallest absolute Gasteiger partial charge is 0.147 e. The molecule has 0 bridgehead atoms. The summed E-state index contributed by atoms with van der Waals surface area (Å²) >= 11 is -2.02. The first-order valence-electron chi connectivity index (χ1n) is 11.6. The molecule has 0 aliphatic heterocycles. The summed E-state index contributed by atoms with van der Waals surface area (Å²) in [5, 5.41) is 1.84. The quantitative estimate of drug-likeness (QED) is 0.332. The third-order valence-corrected chi connectivity index (χ3v) is 16.9. The van der Waals surface area contributed by atoms with Crippen LogP contribution in [0.3, 0.4) is 0 Å². The van der Waals surface area contributed by atoms with E-state index in [1.807, 2.05) is 0 Å². The van der Waals surface area contributed by atoms with Gasteiger partial charge >= 0.3 is 194 Å². The van der Waals surface area contributed by atoms with Crippen LogP contribution in [0, 0.1) is 12.3 Å². The molecule has 0 unspecified atom stereocenters. The van der Waals surface area contributed by atoms with Crippen LogP contribution in [0.5, 0.6) is 5.75 Å². The molecule has 0 saturated heterocycles. The summed E-state index contributed by atoms with van der Waals surface area (Å²) < 4.78 is 10.3. The van der Waals surface area contributed by atoms with Crippen LogP contribution in [0.4, 0.5) is 0 Å². The Kier molecular flexibility index (Phi) is 12.0. The average Bonchev–Trinajstić information content (AvgIpc) is 3.10. The minimum absolute atomic E-state index is 0. The monoisotopic (exact) mass is 532 g/mol. The Bertz CT molecular complexity index is 878. The van der Waals surface area contributed by atoms with E-state index < -0.39 is 25.9 Å². The Morgan fingerprint density at radius 3 is 2.00 bits per heavy atom. The van der Waals surface area contributed by atoms with Crippen molar-refractivity contribution in [3.8, 4) is 5.75 Å². The van der Waals surface area contributed by atoms with E-state index in [2.05, 4.69) is 106 Å². The predicted octanol–water partition coefficient (Wildman–Crippen LogP) is 8.72. The third-order valence-electron chi connectivity index (χ3n) is 7.06. The van der Waals surface area contributed by atoms with E-state index in [4.69, 9.17) is 3.32 Å². The molecule has 0 aromatic heterocycles. The van der Waals surface area contributed by atoms with Gasteiger partial charge in [0.2, 0.25) is 0 Å². The summed E-state index contributed by atoms with van der Waals surface area (Å²) in [7, 11) is -1.61. The minimum atomic E-state index is -2.02. The van der Waals surface area contributed by atoms with E-state index >= 15 is 0 Å². The normalized spacial score (nSPS) is 14.1. The molecule has 5 heteroatoms. The zero-order chi connectivity index (χ0) is 22.9. The molecule has 1 aromatic carbocycles. The Morgan fingerprint density at radius 2 is 1.53 bits per heavy atom. The molecule has 0 heterocycles. The fourth-order valence-electron chi connectivity index (χ4n) is 4.06. The van der Waals surface area contributed by atoms with Crippen molar-refractivity contribution in [3.05, 3.63) is 45.4 Å². The molecule has 0 atom stereocenters. The van der Waals surface area contributed by atoms with Gasteiger partial charge in [-0.1, -0.05) is 0 Å². The van der Waals surface area contributed by atoms with Gasteiger partial charge in [0, 0.05) is 0 Å². The topological polar surface area (TPSA) is 9.23 Å². The Morgan fingerprint density at radius 1 is 0.969 bits per heavy atom. The van der Waals surface area contributed by atoms with Crippen LogP contribution in [0.25, 0.3) is 0 Å². The van der Waals surface area contributed by atoms with Crippen molar-refractivity contribution in [3.63, 3.8) is 0 Å². The predicted molar refractivity (Wildman–Crippen MR) is 149 cm³/mol. The molecular weight excluding hydrogens is 487 g/mol. The maximum absolute atomic E-state index is 7.05. The molecule has 0 N–H and O–H groups in total. The molecule has 0 fully saturated rings. The SMILES string of the molecule is CC[C](CC)=[Ti]([O]c1cc(C)cc([Si](C)(C)C(C)(C)C)c1)[C]1=C(C(C)(C)C)C=CC1.Cl.Cl. The largest absolute Gasteiger partial charge is 0.147 e. The minimum Gasteiger partial charge on any atom is -0.147 e. The van der Waals surface area contributed by atoms with Gasteiger partial charge in [-0.2, -0.15) is 0 Å². The molecule has 182 valence electrons. The number of benzene rings is 1. The summed E-state index contributed by atoms with van der Waals surface area (Å²) in [4.78, 5) is 0. The zero-order valence-corrected chi connectivity index (χ0v) is 26.4. The molecule has 1 aliphatic rings. The standard InChI is InChI=1S/C13H22OSi.C9H13.C5H10.2ClH.Ti/c1-10-7-11(14)9-12(8-10)15(5,6)13(2,3)4;1-9(2,3)8-6-4-5-7-8;1-3-5-4-2;;;/h7-9,14H,1-6H3;4,6H,5H2,1-3H3;3-4H2,1-2H3;2*1H;/q;;;;;+1/p-1. The van der Waals surface area contributed by atoms with Gasteiger partial charge < -0.3 is 0 Å². The second-order valence-corrected chi connectivity index (χ2v) is 20.1. The number of allylic oxidation sites excluding steroid dienone is 4. The summed E-state index contributed by atoms with van der Waals surface area (Å²) in [6.45, 7) is 26.1. The number of hydrogen-bond acceptors (Lipinski definition) is 1. The Labute approximate surface area is 218 Å². The van der Waals surface area contributed by atoms with Gasteiger partial charge in [-0.3, -0.25) is 0 Å². The van der Waals surface area contributed by atoms with E-state index in [-0.39, 0.29) is 30.2 Å². The first-order chi connectivity index (χ1) is 13.7. The summed E-state index contributed by atoms with van der Waals surface area (Å²) in [5.74, 6) is 1.11. The van der Waals surface area contributed by atoms with Gasteiger partial charge in [0.1, 0.15) is 0 Å². The van der Waals surface area contributed by atoms with Crippen LogP contribution < -0.4 is 8.51 Å². The van der Waals surface area contributed by atoms with Gasteiger partial charge in [-0.15, -0.1) is 24.8 Å². The third kappa shape index (κ3) is 7.19. The van der Waals surface area contributed by atoms with Gasteiger partial charge in [0.05, 0.1) is 0 Å². The molecule has 0 amide bonds. The number of halogens is 2. The van der Waals surface area contributed by atoms with Crippen LogP contribution in [0.1, 0.15) is 80.2 Å². The van der Waals surface area contributed by atoms with Gasteiger partial charge in [0.25, 0.3) is 0 Å². The van der Waals surface area contributed by atoms with Crippen molar-refractivity contribution in [1.82, 2.24) is 0 Å². The van der Waals surface area contributed by atoms with Gasteiger partial charge in [-0.25, -0.2) is 0 Å². The van der Waals surface area contributed by atoms with Crippen LogP contribution in [0.15, 0.2) is 39.8 Å². The molecule has 0 saturated carbocycles. The molecule has 0 radical (unpaired) electrons. The van der Waals surface area contributed by atoms with E-state index in [1.54, 1.807) is 7.69 Å². The van der Waals surface area contributed by atoms with Crippen molar-refractivity contribution in [2.24, 2.45) is 5.41 Å². The fraction of sp³-hybridized carbons (Fsp3) is 0.593. The van der Waals surface area contributed by atoms with Crippen molar-refractivity contribution in [2.75, 3.05) is 0 Å². The van der Waals surface area contributed by atoms with Crippen LogP contribution >= 0.6 is 24.8 Å². The molecule has 1 nitrogen and oxygen atoms in total. The molecule has 1 aliphatic carbocycles. The molecular formula is C27H46Cl2OSiTi. The van der Waals surface area contributed by atoms with Crippen LogP contribution in [0.2, 0.25) is 18.1 Å². The molecule has 32 heavy (non-hydrogen) atoms. The van der Waals surface area contributed by atoms with Crippen LogP contribution in [-0.2, 0) is 17.8 Å². The van der Waals surface area contributed by atoms with E-state index in [1.165, 1.54) is 16.3 Å². The number of rotatable bonds is 6. The number of aryl methyl sites for hydroxylation is 1. The molecule has 0 spiro atoms. The summed E-state index contributed by atoms with van der Waals surface area (Å²) in [5.41, 5.74) is 3.03.